The highest BCUT2D eigenvalue weighted by Crippen LogP contribution is 2.13. The Balaban J connectivity index is 2.82. The number of hydrogen-bond donors (Lipinski definition) is 1. The van der Waals surface area contributed by atoms with Crippen molar-refractivity contribution >= 4 is 12.2 Å². The Labute approximate surface area is 95.7 Å². The Morgan fingerprint density at radius 2 is 2.07 bits per heavy atom. The zero-order valence-corrected chi connectivity index (χ0v) is 10.8. The highest BCUT2D eigenvalue weighted by atomic mass is 32.1. The molecular weight excluding hydrogens is 210 g/mol. The van der Waals surface area contributed by atoms with Crippen LogP contribution in [0, 0.1) is 4.77 Å². The number of nitrogens with zero attached hydrogens (tertiary/aromatic N) is 2. The molecule has 0 fully saturated rings. The van der Waals surface area contributed by atoms with Gasteiger partial charge in [-0.1, -0.05) is 0 Å². The molecule has 1 N–H and O–H groups in total. The first-order valence-corrected chi connectivity index (χ1v) is 5.52. The summed E-state index contributed by atoms with van der Waals surface area (Å²) in [5, 5.41) is 6.95. The monoisotopic (exact) mass is 229 g/mol. The molecule has 0 aliphatic rings. The van der Waals surface area contributed by atoms with Crippen molar-refractivity contribution in [3.63, 3.8) is 0 Å². The van der Waals surface area contributed by atoms with Crippen LogP contribution in [0.3, 0.4) is 0 Å². The molecule has 0 radical (unpaired) electrons. The van der Waals surface area contributed by atoms with Crippen molar-refractivity contribution in [2.75, 3.05) is 0 Å². The number of ether oxygens (including phenoxy) is 1. The number of hydrogen-bond acceptors (Lipinski definition) is 3. The van der Waals surface area contributed by atoms with E-state index >= 15 is 0 Å². The van der Waals surface area contributed by atoms with E-state index in [1.165, 1.54) is 0 Å². The van der Waals surface area contributed by atoms with Crippen LogP contribution in [-0.4, -0.2) is 20.4 Å². The van der Waals surface area contributed by atoms with Crippen LogP contribution in [0.1, 0.15) is 46.5 Å². The molecule has 0 aliphatic carbocycles. The smallest absolute Gasteiger partial charge is 0.195 e. The first kappa shape index (κ1) is 12.4. The van der Waals surface area contributed by atoms with Crippen LogP contribution < -0.4 is 0 Å². The van der Waals surface area contributed by atoms with Crippen LogP contribution in [-0.2, 0) is 11.3 Å². The van der Waals surface area contributed by atoms with Crippen molar-refractivity contribution in [2.45, 2.75) is 52.9 Å². The summed E-state index contributed by atoms with van der Waals surface area (Å²) in [6.07, 6.45) is 0. The van der Waals surface area contributed by atoms with Gasteiger partial charge < -0.3 is 4.74 Å². The standard InChI is InChI=1S/C10H19N3OS/c1-7(2)13-8(11-12-9(13)15)6-14-10(3,4)5/h7H,6H2,1-5H3,(H,12,15). The molecule has 0 amide bonds. The Morgan fingerprint density at radius 1 is 1.47 bits per heavy atom. The van der Waals surface area contributed by atoms with Gasteiger partial charge in [-0.05, 0) is 46.8 Å². The molecule has 15 heavy (non-hydrogen) atoms. The molecule has 0 saturated carbocycles. The summed E-state index contributed by atoms with van der Waals surface area (Å²) >= 11 is 5.15. The average Bonchev–Trinajstić information content (AvgIpc) is 2.42. The molecule has 0 aliphatic heterocycles. The molecule has 0 unspecified atom stereocenters. The molecular formula is C10H19N3OS. The summed E-state index contributed by atoms with van der Waals surface area (Å²) in [4.78, 5) is 0. The summed E-state index contributed by atoms with van der Waals surface area (Å²) < 4.78 is 8.29. The Bertz CT molecular complexity index is 373. The van der Waals surface area contributed by atoms with Gasteiger partial charge in [0, 0.05) is 6.04 Å². The molecule has 5 heteroatoms. The van der Waals surface area contributed by atoms with Crippen LogP contribution in [0.4, 0.5) is 0 Å². The maximum absolute atomic E-state index is 5.67. The lowest BCUT2D eigenvalue weighted by atomic mass is 10.2. The molecule has 1 aromatic heterocycles. The molecule has 0 aromatic carbocycles. The van der Waals surface area contributed by atoms with Crippen LogP contribution in [0.5, 0.6) is 0 Å². The molecule has 4 nitrogen and oxygen atoms in total. The minimum absolute atomic E-state index is 0.157. The highest BCUT2D eigenvalue weighted by Gasteiger charge is 2.14. The number of nitrogens with one attached hydrogen (secondary N) is 1. The van der Waals surface area contributed by atoms with Crippen LogP contribution in [0.15, 0.2) is 0 Å². The van der Waals surface area contributed by atoms with E-state index in [0.29, 0.717) is 17.4 Å². The predicted molar refractivity (Wildman–Crippen MR) is 62.3 cm³/mol. The third-order valence-electron chi connectivity index (χ3n) is 1.93. The number of aromatic amines is 1. The molecule has 0 saturated heterocycles. The predicted octanol–water partition coefficient (Wildman–Crippen LogP) is 2.84. The van der Waals surface area contributed by atoms with Gasteiger partial charge >= 0.3 is 0 Å². The molecule has 1 aromatic rings. The molecule has 0 atom stereocenters. The van der Waals surface area contributed by atoms with Crippen molar-refractivity contribution in [1.82, 2.24) is 14.8 Å². The number of rotatable bonds is 3. The van der Waals surface area contributed by atoms with Crippen molar-refractivity contribution in [2.24, 2.45) is 0 Å². The van der Waals surface area contributed by atoms with Gasteiger partial charge in [0.2, 0.25) is 0 Å². The van der Waals surface area contributed by atoms with Crippen LogP contribution in [0.2, 0.25) is 0 Å². The summed E-state index contributed by atoms with van der Waals surface area (Å²) in [7, 11) is 0. The van der Waals surface area contributed by atoms with E-state index in [1.54, 1.807) is 0 Å². The van der Waals surface area contributed by atoms with E-state index in [1.807, 2.05) is 25.3 Å². The molecule has 0 spiro atoms. The number of aromatic nitrogens is 3. The second-order valence-corrected chi connectivity index (χ2v) is 5.20. The molecule has 0 bridgehead atoms. The normalized spacial score (nSPS) is 12.4. The van der Waals surface area contributed by atoms with Crippen molar-refractivity contribution in [1.29, 1.82) is 0 Å². The van der Waals surface area contributed by atoms with Gasteiger partial charge in [-0.3, -0.25) is 9.67 Å². The molecule has 1 heterocycles. The first-order chi connectivity index (χ1) is 6.81. The highest BCUT2D eigenvalue weighted by molar-refractivity contribution is 7.71. The lowest BCUT2D eigenvalue weighted by Gasteiger charge is -2.20. The summed E-state index contributed by atoms with van der Waals surface area (Å²) in [5.41, 5.74) is -0.157. The summed E-state index contributed by atoms with van der Waals surface area (Å²) in [6.45, 7) is 10.7. The maximum atomic E-state index is 5.67. The van der Waals surface area contributed by atoms with Crippen molar-refractivity contribution in [3.05, 3.63) is 10.6 Å². The van der Waals surface area contributed by atoms with Crippen molar-refractivity contribution in [3.8, 4) is 0 Å². The van der Waals surface area contributed by atoms with E-state index in [4.69, 9.17) is 17.0 Å². The van der Waals surface area contributed by atoms with Gasteiger partial charge in [0.25, 0.3) is 0 Å². The van der Waals surface area contributed by atoms with Gasteiger partial charge in [-0.2, -0.15) is 5.10 Å². The van der Waals surface area contributed by atoms with Gasteiger partial charge in [-0.15, -0.1) is 0 Å². The average molecular weight is 229 g/mol. The zero-order valence-electron chi connectivity index (χ0n) is 10.00. The summed E-state index contributed by atoms with van der Waals surface area (Å²) in [5.74, 6) is 0.852. The Morgan fingerprint density at radius 3 is 2.53 bits per heavy atom. The largest absolute Gasteiger partial charge is 0.368 e. The minimum Gasteiger partial charge on any atom is -0.368 e. The Hall–Kier alpha value is -0.680. The lowest BCUT2D eigenvalue weighted by molar-refractivity contribution is -0.0197. The topological polar surface area (TPSA) is 42.8 Å². The van der Waals surface area contributed by atoms with E-state index in [9.17, 15) is 0 Å². The van der Waals surface area contributed by atoms with Gasteiger partial charge in [0.1, 0.15) is 6.61 Å². The van der Waals surface area contributed by atoms with Gasteiger partial charge in [0.15, 0.2) is 10.6 Å². The lowest BCUT2D eigenvalue weighted by Crippen LogP contribution is -2.20. The maximum Gasteiger partial charge on any atom is 0.195 e. The first-order valence-electron chi connectivity index (χ1n) is 5.11. The van der Waals surface area contributed by atoms with E-state index in [-0.39, 0.29) is 5.60 Å². The third kappa shape index (κ3) is 3.43. The van der Waals surface area contributed by atoms with Gasteiger partial charge in [-0.25, -0.2) is 0 Å². The summed E-state index contributed by atoms with van der Waals surface area (Å²) in [6, 6.07) is 0.301. The fraction of sp³-hybridized carbons (Fsp3) is 0.800. The van der Waals surface area contributed by atoms with E-state index < -0.39 is 0 Å². The molecule has 1 rings (SSSR count). The quantitative estimate of drug-likeness (QED) is 0.810. The Kier molecular flexibility index (Phi) is 3.67. The van der Waals surface area contributed by atoms with Crippen LogP contribution >= 0.6 is 12.2 Å². The number of H-pyrrole nitrogens is 1. The van der Waals surface area contributed by atoms with Crippen LogP contribution in [0.25, 0.3) is 0 Å². The SMILES string of the molecule is CC(C)n1c(COC(C)(C)C)n[nH]c1=S. The zero-order chi connectivity index (χ0) is 11.6. The third-order valence-corrected chi connectivity index (χ3v) is 2.22. The minimum atomic E-state index is -0.157. The fourth-order valence-electron chi connectivity index (χ4n) is 1.25. The van der Waals surface area contributed by atoms with E-state index in [0.717, 1.165) is 5.82 Å². The molecule has 86 valence electrons. The van der Waals surface area contributed by atoms with Crippen molar-refractivity contribution < 1.29 is 4.74 Å². The van der Waals surface area contributed by atoms with E-state index in [2.05, 4.69) is 24.0 Å². The second-order valence-electron chi connectivity index (χ2n) is 4.81. The second kappa shape index (κ2) is 4.45. The van der Waals surface area contributed by atoms with Gasteiger partial charge in [0.05, 0.1) is 5.60 Å². The fourth-order valence-corrected chi connectivity index (χ4v) is 1.61.